The van der Waals surface area contributed by atoms with E-state index in [2.05, 4.69) is 23.7 Å². The molecule has 0 radical (unpaired) electrons. The summed E-state index contributed by atoms with van der Waals surface area (Å²) in [6.45, 7) is 7.81. The molecular formula is C22H26FN3O. The predicted octanol–water partition coefficient (Wildman–Crippen LogP) is 4.19. The number of pyridine rings is 1. The maximum Gasteiger partial charge on any atom is 0.272 e. The van der Waals surface area contributed by atoms with E-state index in [4.69, 9.17) is 0 Å². The third-order valence-corrected chi connectivity index (χ3v) is 6.04. The molecule has 1 amide bonds. The van der Waals surface area contributed by atoms with Crippen LogP contribution in [0.25, 0.3) is 0 Å². The van der Waals surface area contributed by atoms with E-state index in [0.29, 0.717) is 5.69 Å². The Morgan fingerprint density at radius 3 is 2.78 bits per heavy atom. The zero-order valence-electron chi connectivity index (χ0n) is 16.2. The smallest absolute Gasteiger partial charge is 0.272 e. The van der Waals surface area contributed by atoms with Crippen LogP contribution in [0.15, 0.2) is 42.6 Å². The van der Waals surface area contributed by atoms with E-state index in [9.17, 15) is 9.18 Å². The first-order valence-electron chi connectivity index (χ1n) is 9.59. The average molecular weight is 367 g/mol. The van der Waals surface area contributed by atoms with Crippen LogP contribution in [0.1, 0.15) is 49.2 Å². The zero-order chi connectivity index (χ0) is 19.2. The minimum absolute atomic E-state index is 0.00749. The molecule has 1 aromatic carbocycles. The number of carbonyl (C=O) groups excluding carboxylic acids is 1. The second-order valence-electron chi connectivity index (χ2n) is 8.56. The van der Waals surface area contributed by atoms with Crippen LogP contribution in [0.5, 0.6) is 0 Å². The molecular weight excluding hydrogens is 341 g/mol. The minimum atomic E-state index is -0.229. The first-order chi connectivity index (χ1) is 12.8. The highest BCUT2D eigenvalue weighted by Gasteiger charge is 2.55. The van der Waals surface area contributed by atoms with Gasteiger partial charge in [-0.05, 0) is 75.9 Å². The van der Waals surface area contributed by atoms with Gasteiger partial charge in [-0.3, -0.25) is 9.78 Å². The Hall–Kier alpha value is -2.43. The number of carbonyl (C=O) groups is 1. The summed E-state index contributed by atoms with van der Waals surface area (Å²) < 4.78 is 13.8. The molecule has 3 heterocycles. The highest BCUT2D eigenvalue weighted by molar-refractivity contribution is 5.93. The van der Waals surface area contributed by atoms with E-state index >= 15 is 0 Å². The van der Waals surface area contributed by atoms with Crippen molar-refractivity contribution < 1.29 is 9.18 Å². The van der Waals surface area contributed by atoms with Gasteiger partial charge in [0.15, 0.2) is 0 Å². The largest absolute Gasteiger partial charge is 0.364 e. The lowest BCUT2D eigenvalue weighted by atomic mass is 9.87. The van der Waals surface area contributed by atoms with Crippen LogP contribution in [0.4, 0.5) is 10.1 Å². The molecule has 0 bridgehead atoms. The van der Waals surface area contributed by atoms with Crippen molar-refractivity contribution >= 4 is 11.6 Å². The van der Waals surface area contributed by atoms with Crippen molar-refractivity contribution in [3.63, 3.8) is 0 Å². The van der Waals surface area contributed by atoms with Gasteiger partial charge in [0.25, 0.3) is 5.91 Å². The van der Waals surface area contributed by atoms with Crippen LogP contribution in [-0.4, -0.2) is 40.0 Å². The lowest BCUT2D eigenvalue weighted by molar-refractivity contribution is 0.0611. The van der Waals surface area contributed by atoms with E-state index in [1.165, 1.54) is 6.07 Å². The molecule has 27 heavy (non-hydrogen) atoms. The summed E-state index contributed by atoms with van der Waals surface area (Å²) in [5.41, 5.74) is 2.05. The van der Waals surface area contributed by atoms with Gasteiger partial charge >= 0.3 is 0 Å². The molecule has 2 fully saturated rings. The highest BCUT2D eigenvalue weighted by atomic mass is 19.1. The molecule has 4 rings (SSSR count). The van der Waals surface area contributed by atoms with Crippen molar-refractivity contribution in [2.24, 2.45) is 0 Å². The summed E-state index contributed by atoms with van der Waals surface area (Å²) >= 11 is 0. The Kier molecular flexibility index (Phi) is 4.21. The number of aryl methyl sites for hydroxylation is 1. The van der Waals surface area contributed by atoms with Crippen LogP contribution in [0, 0.1) is 12.7 Å². The second kappa shape index (κ2) is 6.32. The number of rotatable bonds is 2. The topological polar surface area (TPSA) is 36.4 Å². The van der Waals surface area contributed by atoms with Crippen molar-refractivity contribution in [3.8, 4) is 0 Å². The van der Waals surface area contributed by atoms with Crippen LogP contribution >= 0.6 is 0 Å². The molecule has 1 atom stereocenters. The van der Waals surface area contributed by atoms with E-state index < -0.39 is 0 Å². The molecule has 1 unspecified atom stereocenters. The molecule has 2 aliphatic rings. The number of likely N-dealkylation sites (tertiary alicyclic amines) is 1. The van der Waals surface area contributed by atoms with Gasteiger partial charge in [-0.1, -0.05) is 6.07 Å². The fourth-order valence-electron chi connectivity index (χ4n) is 4.94. The van der Waals surface area contributed by atoms with Gasteiger partial charge in [0.2, 0.25) is 0 Å². The highest BCUT2D eigenvalue weighted by Crippen LogP contribution is 2.47. The Morgan fingerprint density at radius 2 is 2.04 bits per heavy atom. The van der Waals surface area contributed by atoms with Gasteiger partial charge in [-0.25, -0.2) is 4.39 Å². The lowest BCUT2D eigenvalue weighted by Crippen LogP contribution is -2.49. The monoisotopic (exact) mass is 367 g/mol. The van der Waals surface area contributed by atoms with Crippen molar-refractivity contribution in [3.05, 3.63) is 59.7 Å². The molecule has 1 spiro atoms. The normalized spacial score (nSPS) is 24.0. The van der Waals surface area contributed by atoms with E-state index in [1.807, 2.05) is 30.0 Å². The predicted molar refractivity (Wildman–Crippen MR) is 104 cm³/mol. The van der Waals surface area contributed by atoms with Crippen molar-refractivity contribution in [2.75, 3.05) is 18.0 Å². The number of hydrogen-bond donors (Lipinski definition) is 0. The fourth-order valence-corrected chi connectivity index (χ4v) is 4.94. The van der Waals surface area contributed by atoms with Gasteiger partial charge in [-0.2, -0.15) is 0 Å². The van der Waals surface area contributed by atoms with Gasteiger partial charge in [0.1, 0.15) is 11.5 Å². The standard InChI is InChI=1S/C22H26FN3O/c1-16-8-10-24-19(12-16)20(27)25-11-5-9-22(25)14-21(2,3)26(15-22)18-7-4-6-17(23)13-18/h4,6-8,10,12-13H,5,9,11,14-15H2,1-3H3. The Bertz CT molecular complexity index is 881. The number of anilines is 1. The summed E-state index contributed by atoms with van der Waals surface area (Å²) in [6.07, 6.45) is 4.53. The number of amides is 1. The molecule has 5 heteroatoms. The molecule has 2 aliphatic heterocycles. The molecule has 142 valence electrons. The Balaban J connectivity index is 1.67. The molecule has 2 aromatic rings. The van der Waals surface area contributed by atoms with Crippen LogP contribution in [0.2, 0.25) is 0 Å². The number of nitrogens with zero attached hydrogens (tertiary/aromatic N) is 3. The number of benzene rings is 1. The quantitative estimate of drug-likeness (QED) is 0.798. The Morgan fingerprint density at radius 1 is 1.22 bits per heavy atom. The van der Waals surface area contributed by atoms with Crippen molar-refractivity contribution in [2.45, 2.75) is 51.1 Å². The van der Waals surface area contributed by atoms with Gasteiger partial charge in [-0.15, -0.1) is 0 Å². The third kappa shape index (κ3) is 3.09. The minimum Gasteiger partial charge on any atom is -0.364 e. The maximum atomic E-state index is 13.8. The summed E-state index contributed by atoms with van der Waals surface area (Å²) in [5.74, 6) is -0.222. The summed E-state index contributed by atoms with van der Waals surface area (Å²) in [6, 6.07) is 10.5. The molecule has 0 aliphatic carbocycles. The van der Waals surface area contributed by atoms with E-state index in [-0.39, 0.29) is 22.8 Å². The number of halogens is 1. The third-order valence-electron chi connectivity index (χ3n) is 6.04. The fraction of sp³-hybridized carbons (Fsp3) is 0.455. The van der Waals surface area contributed by atoms with Crippen molar-refractivity contribution in [1.82, 2.24) is 9.88 Å². The van der Waals surface area contributed by atoms with Crippen LogP contribution < -0.4 is 4.90 Å². The molecule has 2 saturated heterocycles. The van der Waals surface area contributed by atoms with Gasteiger partial charge in [0.05, 0.1) is 5.54 Å². The average Bonchev–Trinajstić information content (AvgIpc) is 3.14. The van der Waals surface area contributed by atoms with E-state index in [0.717, 1.165) is 43.6 Å². The zero-order valence-corrected chi connectivity index (χ0v) is 16.2. The first-order valence-corrected chi connectivity index (χ1v) is 9.59. The maximum absolute atomic E-state index is 13.8. The molecule has 4 nitrogen and oxygen atoms in total. The Labute approximate surface area is 160 Å². The summed E-state index contributed by atoms with van der Waals surface area (Å²) in [4.78, 5) is 21.8. The number of aromatic nitrogens is 1. The SMILES string of the molecule is Cc1ccnc(C(=O)N2CCCC23CN(c2cccc(F)c2)C(C)(C)C3)c1. The molecule has 0 saturated carbocycles. The van der Waals surface area contributed by atoms with Crippen LogP contribution in [0.3, 0.4) is 0 Å². The summed E-state index contributed by atoms with van der Waals surface area (Å²) in [7, 11) is 0. The van der Waals surface area contributed by atoms with E-state index in [1.54, 1.807) is 18.3 Å². The van der Waals surface area contributed by atoms with Gasteiger partial charge < -0.3 is 9.80 Å². The first kappa shape index (κ1) is 18.0. The molecule has 1 aromatic heterocycles. The van der Waals surface area contributed by atoms with Crippen molar-refractivity contribution in [1.29, 1.82) is 0 Å². The van der Waals surface area contributed by atoms with Crippen LogP contribution in [-0.2, 0) is 0 Å². The molecule has 0 N–H and O–H groups in total. The summed E-state index contributed by atoms with van der Waals surface area (Å²) in [5, 5.41) is 0. The van der Waals surface area contributed by atoms with Gasteiger partial charge in [0, 0.05) is 30.5 Å². The lowest BCUT2D eigenvalue weighted by Gasteiger charge is -2.35. The number of hydrogen-bond acceptors (Lipinski definition) is 3. The second-order valence-corrected chi connectivity index (χ2v) is 8.56.